The zero-order valence-corrected chi connectivity index (χ0v) is 16.4. The first kappa shape index (κ1) is 21.3. The predicted molar refractivity (Wildman–Crippen MR) is 109 cm³/mol. The molecule has 1 aliphatic rings. The lowest BCUT2D eigenvalue weighted by Gasteiger charge is -2.21. The summed E-state index contributed by atoms with van der Waals surface area (Å²) in [7, 11) is 1.77. The topological polar surface area (TPSA) is 64.1 Å². The van der Waals surface area contributed by atoms with Crippen LogP contribution in [0.1, 0.15) is 24.8 Å². The van der Waals surface area contributed by atoms with Gasteiger partial charge in [0.25, 0.3) is 0 Å². The molecule has 0 bridgehead atoms. The van der Waals surface area contributed by atoms with Crippen molar-refractivity contribution in [1.82, 2.24) is 10.6 Å². The first-order valence-corrected chi connectivity index (χ1v) is 9.75. The van der Waals surface area contributed by atoms with E-state index in [4.69, 9.17) is 14.2 Å². The van der Waals surface area contributed by atoms with Crippen molar-refractivity contribution in [1.29, 1.82) is 0 Å². The molecule has 150 valence electrons. The molecule has 6 heteroatoms. The Balaban J connectivity index is 1.61. The molecule has 2 N–H and O–H groups in total. The van der Waals surface area contributed by atoms with Crippen molar-refractivity contribution in [2.24, 2.45) is 10.9 Å². The third-order valence-electron chi connectivity index (χ3n) is 4.45. The molecule has 6 nitrogen and oxygen atoms in total. The van der Waals surface area contributed by atoms with Gasteiger partial charge in [0.2, 0.25) is 0 Å². The van der Waals surface area contributed by atoms with Crippen molar-refractivity contribution in [2.75, 3.05) is 46.6 Å². The monoisotopic (exact) mass is 375 g/mol. The van der Waals surface area contributed by atoms with Crippen LogP contribution in [0.5, 0.6) is 5.75 Å². The molecule has 0 aliphatic carbocycles. The van der Waals surface area contributed by atoms with Crippen LogP contribution in [0.3, 0.4) is 0 Å². The van der Waals surface area contributed by atoms with Gasteiger partial charge in [-0.3, -0.25) is 4.99 Å². The molecule has 1 aliphatic heterocycles. The lowest BCUT2D eigenvalue weighted by atomic mass is 10.0. The van der Waals surface area contributed by atoms with Gasteiger partial charge in [0.1, 0.15) is 12.4 Å². The van der Waals surface area contributed by atoms with E-state index in [1.54, 1.807) is 13.1 Å². The minimum atomic E-state index is 0.498. The Kier molecular flexibility index (Phi) is 10.4. The van der Waals surface area contributed by atoms with Crippen LogP contribution >= 0.6 is 0 Å². The summed E-state index contributed by atoms with van der Waals surface area (Å²) >= 11 is 0. The second-order valence-electron chi connectivity index (χ2n) is 6.54. The number of rotatable bonds is 11. The van der Waals surface area contributed by atoms with Crippen LogP contribution in [0.4, 0.5) is 0 Å². The average molecular weight is 376 g/mol. The highest BCUT2D eigenvalue weighted by atomic mass is 16.5. The number of nitrogens with zero attached hydrogens (tertiary/aromatic N) is 1. The Labute approximate surface area is 163 Å². The van der Waals surface area contributed by atoms with E-state index in [9.17, 15) is 0 Å². The maximum absolute atomic E-state index is 5.79. The molecule has 0 amide bonds. The summed E-state index contributed by atoms with van der Waals surface area (Å²) in [5.74, 6) is 2.30. The number of para-hydroxylation sites is 1. The normalized spacial score (nSPS) is 15.4. The highest BCUT2D eigenvalue weighted by molar-refractivity contribution is 5.79. The molecular formula is C21H33N3O3. The van der Waals surface area contributed by atoms with E-state index >= 15 is 0 Å². The molecule has 27 heavy (non-hydrogen) atoms. The van der Waals surface area contributed by atoms with Crippen molar-refractivity contribution in [3.8, 4) is 5.75 Å². The quantitative estimate of drug-likeness (QED) is 0.269. The molecule has 1 aromatic carbocycles. The van der Waals surface area contributed by atoms with Crippen LogP contribution in [0.2, 0.25) is 0 Å². The molecule has 1 fully saturated rings. The molecule has 1 aromatic rings. The number of guanidine groups is 1. The Morgan fingerprint density at radius 1 is 1.30 bits per heavy atom. The molecule has 0 radical (unpaired) electrons. The minimum absolute atomic E-state index is 0.498. The smallest absolute Gasteiger partial charge is 0.191 e. The van der Waals surface area contributed by atoms with Gasteiger partial charge in [0.05, 0.1) is 0 Å². The highest BCUT2D eigenvalue weighted by Gasteiger charge is 2.13. The zero-order valence-electron chi connectivity index (χ0n) is 16.4. The molecule has 0 atom stereocenters. The number of hydrogen-bond donors (Lipinski definition) is 2. The maximum Gasteiger partial charge on any atom is 0.191 e. The lowest BCUT2D eigenvalue weighted by molar-refractivity contribution is 0.0203. The van der Waals surface area contributed by atoms with Crippen LogP contribution in [0, 0.1) is 5.92 Å². The predicted octanol–water partition coefficient (Wildman–Crippen LogP) is 2.75. The van der Waals surface area contributed by atoms with Gasteiger partial charge < -0.3 is 24.8 Å². The Bertz CT molecular complexity index is 572. The Morgan fingerprint density at radius 2 is 2.11 bits per heavy atom. The first-order valence-electron chi connectivity index (χ1n) is 9.75. The maximum atomic E-state index is 5.79. The largest absolute Gasteiger partial charge is 0.489 e. The van der Waals surface area contributed by atoms with Gasteiger partial charge in [0, 0.05) is 52.1 Å². The summed E-state index contributed by atoms with van der Waals surface area (Å²) < 4.78 is 16.8. The van der Waals surface area contributed by atoms with Crippen molar-refractivity contribution >= 4 is 5.96 Å². The number of ether oxygens (including phenoxy) is 3. The van der Waals surface area contributed by atoms with Crippen LogP contribution in [0.15, 0.2) is 41.9 Å². The van der Waals surface area contributed by atoms with Gasteiger partial charge in [-0.05, 0) is 31.2 Å². The average Bonchev–Trinajstić information content (AvgIpc) is 2.72. The van der Waals surface area contributed by atoms with Gasteiger partial charge in [-0.1, -0.05) is 30.9 Å². The zero-order chi connectivity index (χ0) is 19.2. The third-order valence-corrected chi connectivity index (χ3v) is 4.45. The Morgan fingerprint density at radius 3 is 2.89 bits per heavy atom. The fraction of sp³-hybridized carbons (Fsp3) is 0.571. The third kappa shape index (κ3) is 8.45. The molecule has 1 heterocycles. The molecular weight excluding hydrogens is 342 g/mol. The van der Waals surface area contributed by atoms with Crippen LogP contribution in [-0.4, -0.2) is 52.6 Å². The molecule has 0 saturated carbocycles. The summed E-state index contributed by atoms with van der Waals surface area (Å²) in [5, 5.41) is 6.65. The first-order chi connectivity index (χ1) is 13.3. The summed E-state index contributed by atoms with van der Waals surface area (Å²) in [4.78, 5) is 4.27. The van der Waals surface area contributed by atoms with E-state index in [1.807, 2.05) is 24.3 Å². The van der Waals surface area contributed by atoms with Crippen LogP contribution in [0.25, 0.3) is 0 Å². The van der Waals surface area contributed by atoms with Gasteiger partial charge in [0.15, 0.2) is 5.96 Å². The summed E-state index contributed by atoms with van der Waals surface area (Å²) in [6, 6.07) is 7.98. The summed E-state index contributed by atoms with van der Waals surface area (Å²) in [6.45, 7) is 9.01. The number of hydrogen-bond acceptors (Lipinski definition) is 4. The Hall–Kier alpha value is -2.05. The summed E-state index contributed by atoms with van der Waals surface area (Å²) in [6.07, 6.45) is 4.93. The van der Waals surface area contributed by atoms with Crippen molar-refractivity contribution in [3.63, 3.8) is 0 Å². The van der Waals surface area contributed by atoms with Gasteiger partial charge in [-0.25, -0.2) is 0 Å². The summed E-state index contributed by atoms with van der Waals surface area (Å²) in [5.41, 5.74) is 1.09. The fourth-order valence-corrected chi connectivity index (χ4v) is 2.88. The van der Waals surface area contributed by atoms with Crippen molar-refractivity contribution in [2.45, 2.75) is 25.8 Å². The number of nitrogens with one attached hydrogen (secondary N) is 2. The molecule has 1 saturated heterocycles. The SMILES string of the molecule is C=CCOc1ccccc1CNC(=NC)NCCCOCC1CCOCC1. The van der Waals surface area contributed by atoms with E-state index in [0.29, 0.717) is 19.1 Å². The molecule has 0 spiro atoms. The van der Waals surface area contributed by atoms with Crippen molar-refractivity contribution in [3.05, 3.63) is 42.5 Å². The lowest BCUT2D eigenvalue weighted by Crippen LogP contribution is -2.37. The second-order valence-corrected chi connectivity index (χ2v) is 6.54. The minimum Gasteiger partial charge on any atom is -0.489 e. The van der Waals surface area contributed by atoms with E-state index in [2.05, 4.69) is 22.2 Å². The molecule has 0 unspecified atom stereocenters. The van der Waals surface area contributed by atoms with E-state index in [1.165, 1.54) is 0 Å². The van der Waals surface area contributed by atoms with Crippen LogP contribution in [-0.2, 0) is 16.0 Å². The standard InChI is InChI=1S/C21H33N3O3/c1-3-12-27-20-8-5-4-7-19(20)16-24-21(22-2)23-11-6-13-26-17-18-9-14-25-15-10-18/h3-5,7-8,18H,1,6,9-17H2,2H3,(H2,22,23,24). The fourth-order valence-electron chi connectivity index (χ4n) is 2.88. The van der Waals surface area contributed by atoms with Gasteiger partial charge >= 0.3 is 0 Å². The van der Waals surface area contributed by atoms with Crippen LogP contribution < -0.4 is 15.4 Å². The van der Waals surface area contributed by atoms with E-state index < -0.39 is 0 Å². The van der Waals surface area contributed by atoms with Gasteiger partial charge in [-0.2, -0.15) is 0 Å². The molecule has 2 rings (SSSR count). The second kappa shape index (κ2) is 13.2. The highest BCUT2D eigenvalue weighted by Crippen LogP contribution is 2.17. The van der Waals surface area contributed by atoms with Crippen molar-refractivity contribution < 1.29 is 14.2 Å². The number of aliphatic imine (C=N–C) groups is 1. The van der Waals surface area contributed by atoms with E-state index in [0.717, 1.165) is 69.5 Å². The number of benzene rings is 1. The van der Waals surface area contributed by atoms with E-state index in [-0.39, 0.29) is 0 Å². The van der Waals surface area contributed by atoms with Gasteiger partial charge in [-0.15, -0.1) is 0 Å². The molecule has 0 aromatic heterocycles.